The Morgan fingerprint density at radius 2 is 2.14 bits per heavy atom. The van der Waals surface area contributed by atoms with Gasteiger partial charge in [0.25, 0.3) is 0 Å². The van der Waals surface area contributed by atoms with E-state index in [-0.39, 0.29) is 5.78 Å². The van der Waals surface area contributed by atoms with Gasteiger partial charge in [-0.15, -0.1) is 0 Å². The number of anilines is 1. The number of hydrogen-bond donors (Lipinski definition) is 1. The molecule has 1 heterocycles. The van der Waals surface area contributed by atoms with E-state index in [9.17, 15) is 4.79 Å². The third-order valence-corrected chi connectivity index (χ3v) is 2.65. The SMILES string of the molecule is Cc1cc2c(c(C)c1N)OCCC2=O. The van der Waals surface area contributed by atoms with Crippen molar-refractivity contribution in [3.05, 3.63) is 22.8 Å². The number of fused-ring (bicyclic) bond motifs is 1. The summed E-state index contributed by atoms with van der Waals surface area (Å²) in [5.41, 5.74) is 9.09. The van der Waals surface area contributed by atoms with E-state index in [4.69, 9.17) is 10.5 Å². The van der Waals surface area contributed by atoms with E-state index in [2.05, 4.69) is 0 Å². The molecule has 0 saturated heterocycles. The molecule has 0 fully saturated rings. The number of rotatable bonds is 0. The van der Waals surface area contributed by atoms with Crippen LogP contribution in [0.5, 0.6) is 5.75 Å². The number of ether oxygens (including phenoxy) is 1. The van der Waals surface area contributed by atoms with Gasteiger partial charge in [0, 0.05) is 17.7 Å². The first-order valence-electron chi connectivity index (χ1n) is 4.67. The first kappa shape index (κ1) is 9.06. The molecule has 0 bridgehead atoms. The summed E-state index contributed by atoms with van der Waals surface area (Å²) < 4.78 is 5.46. The zero-order valence-electron chi connectivity index (χ0n) is 8.39. The molecule has 74 valence electrons. The van der Waals surface area contributed by atoms with E-state index < -0.39 is 0 Å². The molecule has 1 aliphatic rings. The van der Waals surface area contributed by atoms with Crippen molar-refractivity contribution in [1.82, 2.24) is 0 Å². The monoisotopic (exact) mass is 191 g/mol. The third-order valence-electron chi connectivity index (χ3n) is 2.65. The summed E-state index contributed by atoms with van der Waals surface area (Å²) in [6, 6.07) is 1.82. The molecular weight excluding hydrogens is 178 g/mol. The predicted octanol–water partition coefficient (Wildman–Crippen LogP) is 1.85. The van der Waals surface area contributed by atoms with Gasteiger partial charge >= 0.3 is 0 Å². The molecule has 0 radical (unpaired) electrons. The molecular formula is C11H13NO2. The van der Waals surface area contributed by atoms with Crippen LogP contribution in [0.4, 0.5) is 5.69 Å². The summed E-state index contributed by atoms with van der Waals surface area (Å²) in [7, 11) is 0. The van der Waals surface area contributed by atoms with Crippen molar-refractivity contribution in [2.24, 2.45) is 0 Å². The number of aryl methyl sites for hydroxylation is 1. The maximum atomic E-state index is 11.6. The van der Waals surface area contributed by atoms with Crippen LogP contribution in [-0.4, -0.2) is 12.4 Å². The van der Waals surface area contributed by atoms with E-state index in [0.29, 0.717) is 24.3 Å². The number of Topliss-reactive ketones (excluding diaryl/α,β-unsaturated/α-hetero) is 1. The Morgan fingerprint density at radius 1 is 1.43 bits per heavy atom. The summed E-state index contributed by atoms with van der Waals surface area (Å²) >= 11 is 0. The van der Waals surface area contributed by atoms with E-state index in [0.717, 1.165) is 16.8 Å². The molecule has 2 rings (SSSR count). The molecule has 0 unspecified atom stereocenters. The molecule has 0 saturated carbocycles. The van der Waals surface area contributed by atoms with Crippen LogP contribution >= 0.6 is 0 Å². The predicted molar refractivity (Wildman–Crippen MR) is 54.8 cm³/mol. The van der Waals surface area contributed by atoms with Gasteiger partial charge in [-0.2, -0.15) is 0 Å². The Balaban J connectivity index is 2.69. The summed E-state index contributed by atoms with van der Waals surface area (Å²) in [6.45, 7) is 4.26. The summed E-state index contributed by atoms with van der Waals surface area (Å²) in [5.74, 6) is 0.821. The van der Waals surface area contributed by atoms with Gasteiger partial charge in [0.2, 0.25) is 0 Å². The van der Waals surface area contributed by atoms with Crippen molar-refractivity contribution in [2.45, 2.75) is 20.3 Å². The van der Waals surface area contributed by atoms with Crippen molar-refractivity contribution in [2.75, 3.05) is 12.3 Å². The number of nitrogens with two attached hydrogens (primary N) is 1. The maximum absolute atomic E-state index is 11.6. The van der Waals surface area contributed by atoms with Crippen molar-refractivity contribution in [3.63, 3.8) is 0 Å². The number of carbonyl (C=O) groups is 1. The quantitative estimate of drug-likeness (QED) is 0.637. The Kier molecular flexibility index (Phi) is 1.95. The van der Waals surface area contributed by atoms with E-state index >= 15 is 0 Å². The molecule has 0 atom stereocenters. The Labute approximate surface area is 82.9 Å². The minimum Gasteiger partial charge on any atom is -0.492 e. The average Bonchev–Trinajstić information content (AvgIpc) is 2.17. The molecule has 14 heavy (non-hydrogen) atoms. The van der Waals surface area contributed by atoms with Gasteiger partial charge in [0.15, 0.2) is 5.78 Å². The molecule has 1 aliphatic heterocycles. The number of ketones is 1. The zero-order chi connectivity index (χ0) is 10.3. The number of hydrogen-bond acceptors (Lipinski definition) is 3. The van der Waals surface area contributed by atoms with Crippen molar-refractivity contribution < 1.29 is 9.53 Å². The molecule has 0 spiro atoms. The lowest BCUT2D eigenvalue weighted by Crippen LogP contribution is -2.17. The first-order chi connectivity index (χ1) is 6.61. The Hall–Kier alpha value is -1.51. The molecule has 0 aliphatic carbocycles. The molecule has 3 nitrogen and oxygen atoms in total. The van der Waals surface area contributed by atoms with Gasteiger partial charge in [0.05, 0.1) is 12.2 Å². The van der Waals surface area contributed by atoms with Gasteiger partial charge in [-0.05, 0) is 25.5 Å². The molecule has 0 aromatic heterocycles. The number of benzene rings is 1. The highest BCUT2D eigenvalue weighted by atomic mass is 16.5. The van der Waals surface area contributed by atoms with Gasteiger partial charge in [0.1, 0.15) is 5.75 Å². The zero-order valence-corrected chi connectivity index (χ0v) is 8.39. The van der Waals surface area contributed by atoms with Crippen LogP contribution in [0.15, 0.2) is 6.07 Å². The second kappa shape index (κ2) is 3.01. The lowest BCUT2D eigenvalue weighted by Gasteiger charge is -2.20. The second-order valence-corrected chi connectivity index (χ2v) is 3.63. The van der Waals surface area contributed by atoms with Crippen LogP contribution in [0.1, 0.15) is 27.9 Å². The van der Waals surface area contributed by atoms with Crippen LogP contribution < -0.4 is 10.5 Å². The summed E-state index contributed by atoms with van der Waals surface area (Å²) in [5, 5.41) is 0. The normalized spacial score (nSPS) is 14.9. The van der Waals surface area contributed by atoms with Crippen LogP contribution in [0.25, 0.3) is 0 Å². The standard InChI is InChI=1S/C11H13NO2/c1-6-5-8-9(13)3-4-14-11(8)7(2)10(6)12/h5H,3-4,12H2,1-2H3. The van der Waals surface area contributed by atoms with E-state index in [1.807, 2.05) is 19.9 Å². The topological polar surface area (TPSA) is 52.3 Å². The van der Waals surface area contributed by atoms with E-state index in [1.54, 1.807) is 0 Å². The average molecular weight is 191 g/mol. The van der Waals surface area contributed by atoms with Crippen molar-refractivity contribution in [1.29, 1.82) is 0 Å². The molecule has 1 aromatic carbocycles. The smallest absolute Gasteiger partial charge is 0.170 e. The fourth-order valence-electron chi connectivity index (χ4n) is 1.75. The van der Waals surface area contributed by atoms with Gasteiger partial charge in [-0.3, -0.25) is 4.79 Å². The molecule has 0 amide bonds. The lowest BCUT2D eigenvalue weighted by molar-refractivity contribution is 0.0933. The number of nitrogen functional groups attached to an aromatic ring is 1. The Morgan fingerprint density at radius 3 is 2.86 bits per heavy atom. The van der Waals surface area contributed by atoms with Gasteiger partial charge in [-0.25, -0.2) is 0 Å². The highest BCUT2D eigenvalue weighted by Crippen LogP contribution is 2.34. The van der Waals surface area contributed by atoms with Crippen LogP contribution in [0.3, 0.4) is 0 Å². The third kappa shape index (κ3) is 1.16. The summed E-state index contributed by atoms with van der Waals surface area (Å²) in [4.78, 5) is 11.6. The van der Waals surface area contributed by atoms with Crippen LogP contribution in [-0.2, 0) is 0 Å². The number of carbonyl (C=O) groups excluding carboxylic acids is 1. The highest BCUT2D eigenvalue weighted by Gasteiger charge is 2.22. The Bertz CT molecular complexity index is 410. The largest absolute Gasteiger partial charge is 0.492 e. The minimum atomic E-state index is 0.150. The fraction of sp³-hybridized carbons (Fsp3) is 0.364. The molecule has 1 aromatic rings. The second-order valence-electron chi connectivity index (χ2n) is 3.63. The van der Waals surface area contributed by atoms with Gasteiger partial charge < -0.3 is 10.5 Å². The highest BCUT2D eigenvalue weighted by molar-refractivity contribution is 6.01. The lowest BCUT2D eigenvalue weighted by atomic mass is 9.97. The molecule has 2 N–H and O–H groups in total. The summed E-state index contributed by atoms with van der Waals surface area (Å²) in [6.07, 6.45) is 0.468. The van der Waals surface area contributed by atoms with Crippen molar-refractivity contribution >= 4 is 11.5 Å². The minimum absolute atomic E-state index is 0.150. The van der Waals surface area contributed by atoms with Gasteiger partial charge in [-0.1, -0.05) is 0 Å². The first-order valence-corrected chi connectivity index (χ1v) is 4.67. The van der Waals surface area contributed by atoms with E-state index in [1.165, 1.54) is 0 Å². The van der Waals surface area contributed by atoms with Crippen molar-refractivity contribution in [3.8, 4) is 5.75 Å². The fourth-order valence-corrected chi connectivity index (χ4v) is 1.75. The maximum Gasteiger partial charge on any atom is 0.170 e. The van der Waals surface area contributed by atoms with Crippen LogP contribution in [0.2, 0.25) is 0 Å². The molecule has 3 heteroatoms. The van der Waals surface area contributed by atoms with Crippen LogP contribution in [0, 0.1) is 13.8 Å².